The van der Waals surface area contributed by atoms with Gasteiger partial charge in [0.25, 0.3) is 0 Å². The number of nitrogens with zero attached hydrogens (tertiary/aromatic N) is 2. The van der Waals surface area contributed by atoms with Crippen molar-refractivity contribution in [3.63, 3.8) is 0 Å². The molecule has 4 heteroatoms. The molecule has 2 aliphatic heterocycles. The van der Waals surface area contributed by atoms with Crippen LogP contribution in [0.15, 0.2) is 0 Å². The second-order valence-corrected chi connectivity index (χ2v) is 5.92. The summed E-state index contributed by atoms with van der Waals surface area (Å²) in [5.41, 5.74) is 4.12. The summed E-state index contributed by atoms with van der Waals surface area (Å²) in [6, 6.07) is 0.540. The molecule has 19 heavy (non-hydrogen) atoms. The number of rotatable bonds is 2. The van der Waals surface area contributed by atoms with Crippen LogP contribution >= 0.6 is 0 Å². The van der Waals surface area contributed by atoms with Gasteiger partial charge < -0.3 is 10.1 Å². The summed E-state index contributed by atoms with van der Waals surface area (Å²) in [7, 11) is 0. The molecule has 0 aromatic carbocycles. The molecule has 2 fully saturated rings. The lowest BCUT2D eigenvalue weighted by atomic mass is 9.90. The molecule has 1 aromatic heterocycles. The monoisotopic (exact) mass is 263 g/mol. The average molecular weight is 263 g/mol. The first-order valence-corrected chi connectivity index (χ1v) is 7.61. The number of hydrogen-bond donors (Lipinski definition) is 1. The van der Waals surface area contributed by atoms with E-state index in [2.05, 4.69) is 23.8 Å². The molecule has 4 nitrogen and oxygen atoms in total. The molecular formula is C15H25N3O. The molecule has 1 atom stereocenters. The highest BCUT2D eigenvalue weighted by Gasteiger charge is 2.26. The van der Waals surface area contributed by atoms with Crippen LogP contribution in [0.2, 0.25) is 0 Å². The summed E-state index contributed by atoms with van der Waals surface area (Å²) in [6.07, 6.45) is 4.79. The molecule has 0 saturated carbocycles. The Bertz CT molecular complexity index is 429. The van der Waals surface area contributed by atoms with Crippen molar-refractivity contribution >= 4 is 0 Å². The third-order valence-corrected chi connectivity index (χ3v) is 4.62. The van der Waals surface area contributed by atoms with E-state index in [1.165, 1.54) is 36.3 Å². The first-order valence-electron chi connectivity index (χ1n) is 7.61. The number of ether oxygens (including phenoxy) is 1. The van der Waals surface area contributed by atoms with Gasteiger partial charge in [-0.1, -0.05) is 0 Å². The van der Waals surface area contributed by atoms with Gasteiger partial charge in [-0.25, -0.2) is 0 Å². The highest BCUT2D eigenvalue weighted by Crippen LogP contribution is 2.32. The second-order valence-electron chi connectivity index (χ2n) is 5.92. The van der Waals surface area contributed by atoms with E-state index in [9.17, 15) is 0 Å². The quantitative estimate of drug-likeness (QED) is 0.890. The highest BCUT2D eigenvalue weighted by atomic mass is 16.5. The molecule has 0 spiro atoms. The van der Waals surface area contributed by atoms with Crippen molar-refractivity contribution in [3.8, 4) is 0 Å². The lowest BCUT2D eigenvalue weighted by molar-refractivity contribution is 0.0655. The Labute approximate surface area is 115 Å². The fourth-order valence-corrected chi connectivity index (χ4v) is 3.65. The van der Waals surface area contributed by atoms with Crippen molar-refractivity contribution < 1.29 is 4.74 Å². The van der Waals surface area contributed by atoms with Crippen molar-refractivity contribution in [2.45, 2.75) is 51.5 Å². The van der Waals surface area contributed by atoms with E-state index >= 15 is 0 Å². The molecule has 0 bridgehead atoms. The zero-order chi connectivity index (χ0) is 13.2. The van der Waals surface area contributed by atoms with Gasteiger partial charge in [0.05, 0.1) is 11.7 Å². The topological polar surface area (TPSA) is 39.1 Å². The predicted molar refractivity (Wildman–Crippen MR) is 75.6 cm³/mol. The fraction of sp³-hybridized carbons (Fsp3) is 0.800. The highest BCUT2D eigenvalue weighted by molar-refractivity contribution is 5.30. The summed E-state index contributed by atoms with van der Waals surface area (Å²) < 4.78 is 7.74. The molecular weight excluding hydrogens is 238 g/mol. The Morgan fingerprint density at radius 2 is 2.00 bits per heavy atom. The molecule has 3 heterocycles. The van der Waals surface area contributed by atoms with Crippen molar-refractivity contribution in [2.75, 3.05) is 26.3 Å². The normalized spacial score (nSPS) is 25.7. The Morgan fingerprint density at radius 1 is 1.21 bits per heavy atom. The van der Waals surface area contributed by atoms with Crippen LogP contribution in [0, 0.1) is 13.8 Å². The summed E-state index contributed by atoms with van der Waals surface area (Å²) in [4.78, 5) is 0. The van der Waals surface area contributed by atoms with Gasteiger partial charge in [0.1, 0.15) is 0 Å². The summed E-state index contributed by atoms with van der Waals surface area (Å²) in [6.45, 7) is 8.46. The predicted octanol–water partition coefficient (Wildman–Crippen LogP) is 2.32. The standard InChI is InChI=1S/C15H25N3O/c1-11-15(13-4-3-7-16-10-13)12(2)18(17-11)14-5-8-19-9-6-14/h13-14,16H,3-10H2,1-2H3. The number of hydrogen-bond acceptors (Lipinski definition) is 3. The first kappa shape index (κ1) is 13.1. The van der Waals surface area contributed by atoms with E-state index in [0.717, 1.165) is 32.6 Å². The first-order chi connectivity index (χ1) is 9.27. The minimum Gasteiger partial charge on any atom is -0.381 e. The molecule has 0 radical (unpaired) electrons. The van der Waals surface area contributed by atoms with Gasteiger partial charge in [0, 0.05) is 36.9 Å². The molecule has 1 aromatic rings. The molecule has 1 unspecified atom stereocenters. The van der Waals surface area contributed by atoms with Gasteiger partial charge in [0.15, 0.2) is 0 Å². The van der Waals surface area contributed by atoms with Crippen molar-refractivity contribution in [1.82, 2.24) is 15.1 Å². The number of piperidine rings is 1. The smallest absolute Gasteiger partial charge is 0.0631 e. The maximum Gasteiger partial charge on any atom is 0.0631 e. The largest absolute Gasteiger partial charge is 0.381 e. The zero-order valence-corrected chi connectivity index (χ0v) is 12.1. The third kappa shape index (κ3) is 2.56. The Morgan fingerprint density at radius 3 is 2.68 bits per heavy atom. The van der Waals surface area contributed by atoms with Gasteiger partial charge in [-0.05, 0) is 46.1 Å². The second kappa shape index (κ2) is 5.63. The van der Waals surface area contributed by atoms with E-state index in [1.54, 1.807) is 0 Å². The Kier molecular flexibility index (Phi) is 3.89. The van der Waals surface area contributed by atoms with E-state index in [4.69, 9.17) is 9.84 Å². The van der Waals surface area contributed by atoms with Gasteiger partial charge in [-0.15, -0.1) is 0 Å². The lowest BCUT2D eigenvalue weighted by Crippen LogP contribution is -2.29. The molecule has 2 aliphatic rings. The fourth-order valence-electron chi connectivity index (χ4n) is 3.65. The van der Waals surface area contributed by atoms with E-state index in [-0.39, 0.29) is 0 Å². The van der Waals surface area contributed by atoms with Crippen LogP contribution in [0.5, 0.6) is 0 Å². The van der Waals surface area contributed by atoms with Crippen LogP contribution in [0.25, 0.3) is 0 Å². The van der Waals surface area contributed by atoms with Gasteiger partial charge in [-0.3, -0.25) is 4.68 Å². The van der Waals surface area contributed by atoms with Gasteiger partial charge in [-0.2, -0.15) is 5.10 Å². The lowest BCUT2D eigenvalue weighted by Gasteiger charge is -2.25. The van der Waals surface area contributed by atoms with Crippen LogP contribution < -0.4 is 5.32 Å². The molecule has 0 aliphatic carbocycles. The van der Waals surface area contributed by atoms with Crippen molar-refractivity contribution in [1.29, 1.82) is 0 Å². The van der Waals surface area contributed by atoms with E-state index in [1.807, 2.05) is 0 Å². The average Bonchev–Trinajstić information content (AvgIpc) is 2.76. The van der Waals surface area contributed by atoms with Gasteiger partial charge >= 0.3 is 0 Å². The summed E-state index contributed by atoms with van der Waals surface area (Å²) >= 11 is 0. The molecule has 1 N–H and O–H groups in total. The SMILES string of the molecule is Cc1nn(C2CCOCC2)c(C)c1C1CCCNC1. The maximum atomic E-state index is 5.46. The van der Waals surface area contributed by atoms with E-state index in [0.29, 0.717) is 12.0 Å². The van der Waals surface area contributed by atoms with E-state index < -0.39 is 0 Å². The minimum atomic E-state index is 0.540. The molecule has 2 saturated heterocycles. The van der Waals surface area contributed by atoms with Crippen molar-refractivity contribution in [2.24, 2.45) is 0 Å². The molecule has 0 amide bonds. The number of nitrogens with one attached hydrogen (secondary N) is 1. The maximum absolute atomic E-state index is 5.46. The number of aryl methyl sites for hydroxylation is 1. The van der Waals surface area contributed by atoms with Crippen LogP contribution in [0.1, 0.15) is 54.6 Å². The third-order valence-electron chi connectivity index (χ3n) is 4.62. The summed E-state index contributed by atoms with van der Waals surface area (Å²) in [5, 5.41) is 8.36. The van der Waals surface area contributed by atoms with Gasteiger partial charge in [0.2, 0.25) is 0 Å². The number of aromatic nitrogens is 2. The van der Waals surface area contributed by atoms with Crippen LogP contribution in [-0.4, -0.2) is 36.1 Å². The minimum absolute atomic E-state index is 0.540. The zero-order valence-electron chi connectivity index (χ0n) is 12.1. The summed E-state index contributed by atoms with van der Waals surface area (Å²) in [5.74, 6) is 0.655. The Hall–Kier alpha value is -0.870. The van der Waals surface area contributed by atoms with Crippen LogP contribution in [0.4, 0.5) is 0 Å². The molecule has 106 valence electrons. The molecule has 3 rings (SSSR count). The van der Waals surface area contributed by atoms with Crippen LogP contribution in [0.3, 0.4) is 0 Å². The van der Waals surface area contributed by atoms with Crippen molar-refractivity contribution in [3.05, 3.63) is 17.0 Å². The Balaban J connectivity index is 1.86. The van der Waals surface area contributed by atoms with Crippen LogP contribution in [-0.2, 0) is 4.74 Å².